The molecule has 1 N–H and O–H groups in total. The van der Waals surface area contributed by atoms with E-state index in [0.29, 0.717) is 0 Å². The monoisotopic (exact) mass is 332 g/mol. The molecular weight excluding hydrogens is 307 g/mol. The Labute approximate surface area is 139 Å². The molecule has 23 heavy (non-hydrogen) atoms. The summed E-state index contributed by atoms with van der Waals surface area (Å²) in [6, 6.07) is 19.8. The van der Waals surface area contributed by atoms with E-state index in [1.165, 1.54) is 6.92 Å². The maximum absolute atomic E-state index is 13.7. The van der Waals surface area contributed by atoms with Crippen molar-refractivity contribution in [2.75, 3.05) is 0 Å². The normalized spacial score (nSPS) is 15.2. The molecule has 2 nitrogen and oxygen atoms in total. The zero-order valence-corrected chi connectivity index (χ0v) is 15.2. The number of hydrogen-bond donors (Lipinski definition) is 1. The van der Waals surface area contributed by atoms with E-state index in [1.807, 2.05) is 60.7 Å². The molecule has 0 aliphatic carbocycles. The fourth-order valence-electron chi connectivity index (χ4n) is 2.97. The molecule has 0 amide bonds. The molecule has 0 heterocycles. The van der Waals surface area contributed by atoms with E-state index < -0.39 is 20.8 Å². The number of alkyl halides is 1. The lowest BCUT2D eigenvalue weighted by Gasteiger charge is -2.44. The van der Waals surface area contributed by atoms with Gasteiger partial charge in [-0.15, -0.1) is 0 Å². The Morgan fingerprint density at radius 1 is 0.913 bits per heavy atom. The fourth-order valence-corrected chi connectivity index (χ4v) is 7.53. The second-order valence-corrected chi connectivity index (χ2v) is 11.1. The second-order valence-electron chi connectivity index (χ2n) is 6.85. The Balaban J connectivity index is 2.69. The molecule has 0 bridgehead atoms. The highest BCUT2D eigenvalue weighted by Crippen LogP contribution is 2.37. The van der Waals surface area contributed by atoms with Crippen molar-refractivity contribution in [2.24, 2.45) is 0 Å². The first-order valence-corrected chi connectivity index (χ1v) is 9.81. The van der Waals surface area contributed by atoms with Crippen LogP contribution in [-0.2, 0) is 4.43 Å². The predicted octanol–water partition coefficient (Wildman–Crippen LogP) is 3.24. The third kappa shape index (κ3) is 3.55. The van der Waals surface area contributed by atoms with Gasteiger partial charge in [-0.05, 0) is 22.3 Å². The van der Waals surface area contributed by atoms with E-state index in [4.69, 9.17) is 4.43 Å². The Kier molecular flexibility index (Phi) is 5.40. The lowest BCUT2D eigenvalue weighted by molar-refractivity contribution is -0.0741. The molecule has 0 fully saturated rings. The van der Waals surface area contributed by atoms with E-state index in [2.05, 4.69) is 20.8 Å². The summed E-state index contributed by atoms with van der Waals surface area (Å²) in [6.45, 7) is 7.60. The van der Waals surface area contributed by atoms with Crippen LogP contribution in [0.5, 0.6) is 0 Å². The first-order chi connectivity index (χ1) is 10.8. The predicted molar refractivity (Wildman–Crippen MR) is 95.3 cm³/mol. The van der Waals surface area contributed by atoms with Crippen LogP contribution in [-0.4, -0.2) is 25.9 Å². The molecule has 2 atom stereocenters. The minimum Gasteiger partial charge on any atom is -0.381 e. The van der Waals surface area contributed by atoms with Crippen molar-refractivity contribution in [2.45, 2.75) is 45.2 Å². The lowest BCUT2D eigenvalue weighted by atomic mass is 10.2. The van der Waals surface area contributed by atoms with Gasteiger partial charge in [0.15, 0.2) is 6.29 Å². The van der Waals surface area contributed by atoms with Gasteiger partial charge in [0.05, 0.1) is 0 Å². The first-order valence-electron chi connectivity index (χ1n) is 7.90. The SMILES string of the molecule is CC(F)C(O)O[Si](c1ccccc1)(c1ccccc1)C(C)(C)C. The summed E-state index contributed by atoms with van der Waals surface area (Å²) >= 11 is 0. The van der Waals surface area contributed by atoms with Crippen molar-refractivity contribution in [1.29, 1.82) is 0 Å². The number of hydrogen-bond acceptors (Lipinski definition) is 2. The van der Waals surface area contributed by atoms with Crippen LogP contribution in [0.15, 0.2) is 60.7 Å². The van der Waals surface area contributed by atoms with Gasteiger partial charge in [-0.2, -0.15) is 0 Å². The summed E-state index contributed by atoms with van der Waals surface area (Å²) in [5, 5.41) is 12.0. The lowest BCUT2D eigenvalue weighted by Crippen LogP contribution is -2.68. The van der Waals surface area contributed by atoms with Crippen molar-refractivity contribution in [3.63, 3.8) is 0 Å². The topological polar surface area (TPSA) is 29.5 Å². The Hall–Kier alpha value is -1.49. The summed E-state index contributed by atoms with van der Waals surface area (Å²) < 4.78 is 19.8. The summed E-state index contributed by atoms with van der Waals surface area (Å²) in [7, 11) is -2.87. The third-order valence-electron chi connectivity index (χ3n) is 4.11. The number of benzene rings is 2. The van der Waals surface area contributed by atoms with Crippen molar-refractivity contribution in [1.82, 2.24) is 0 Å². The minimum absolute atomic E-state index is 0.272. The summed E-state index contributed by atoms with van der Waals surface area (Å²) in [6.07, 6.45) is -2.89. The van der Waals surface area contributed by atoms with Gasteiger partial charge in [0.1, 0.15) is 6.17 Å². The number of rotatable bonds is 5. The van der Waals surface area contributed by atoms with Crippen LogP contribution in [0.1, 0.15) is 27.7 Å². The van der Waals surface area contributed by atoms with Crippen molar-refractivity contribution in [3.05, 3.63) is 60.7 Å². The van der Waals surface area contributed by atoms with Gasteiger partial charge < -0.3 is 9.53 Å². The Morgan fingerprint density at radius 3 is 1.61 bits per heavy atom. The van der Waals surface area contributed by atoms with Gasteiger partial charge in [-0.3, -0.25) is 0 Å². The smallest absolute Gasteiger partial charge is 0.264 e. The maximum atomic E-state index is 13.7. The molecule has 0 aliphatic heterocycles. The number of halogens is 1. The highest BCUT2D eigenvalue weighted by molar-refractivity contribution is 6.99. The Bertz CT molecular complexity index is 569. The third-order valence-corrected chi connectivity index (χ3v) is 9.11. The molecular formula is C19H25FO2Si. The highest BCUT2D eigenvalue weighted by atomic mass is 28.4. The molecule has 4 heteroatoms. The summed E-state index contributed by atoms with van der Waals surface area (Å²) in [4.78, 5) is 0. The van der Waals surface area contributed by atoms with E-state index in [1.54, 1.807) is 0 Å². The molecule has 0 saturated carbocycles. The largest absolute Gasteiger partial charge is 0.381 e. The van der Waals surface area contributed by atoms with Crippen LogP contribution in [0, 0.1) is 0 Å². The van der Waals surface area contributed by atoms with Gasteiger partial charge in [0, 0.05) is 0 Å². The molecule has 124 valence electrons. The van der Waals surface area contributed by atoms with Crippen LogP contribution < -0.4 is 10.4 Å². The first kappa shape index (κ1) is 17.9. The van der Waals surface area contributed by atoms with Gasteiger partial charge in [0.25, 0.3) is 8.32 Å². The maximum Gasteiger partial charge on any atom is 0.264 e. The number of aliphatic hydroxyl groups excluding tert-OH is 1. The molecule has 0 saturated heterocycles. The molecule has 2 rings (SSSR count). The zero-order valence-electron chi connectivity index (χ0n) is 14.2. The standard InChI is InChI=1S/C19H25FO2Si/c1-15(20)18(21)22-23(19(2,3)4,16-11-7-5-8-12-16)17-13-9-6-10-14-17/h5-15,18,21H,1-4H3. The highest BCUT2D eigenvalue weighted by Gasteiger charge is 2.51. The molecule has 0 spiro atoms. The zero-order chi connectivity index (χ0) is 17.1. The average Bonchev–Trinajstić information content (AvgIpc) is 2.52. The minimum atomic E-state index is -2.87. The van der Waals surface area contributed by atoms with Crippen LogP contribution >= 0.6 is 0 Å². The van der Waals surface area contributed by atoms with Crippen molar-refractivity contribution < 1.29 is 13.9 Å². The van der Waals surface area contributed by atoms with E-state index in [9.17, 15) is 9.50 Å². The van der Waals surface area contributed by atoms with E-state index in [0.717, 1.165) is 10.4 Å². The van der Waals surface area contributed by atoms with Crippen LogP contribution in [0.4, 0.5) is 4.39 Å². The summed E-state index contributed by atoms with van der Waals surface area (Å²) in [5.41, 5.74) is 0. The van der Waals surface area contributed by atoms with Crippen LogP contribution in [0.3, 0.4) is 0 Å². The summed E-state index contributed by atoms with van der Waals surface area (Å²) in [5.74, 6) is 0. The van der Waals surface area contributed by atoms with Crippen molar-refractivity contribution in [3.8, 4) is 0 Å². The molecule has 0 aromatic heterocycles. The van der Waals surface area contributed by atoms with Crippen LogP contribution in [0.25, 0.3) is 0 Å². The fraction of sp³-hybridized carbons (Fsp3) is 0.368. The van der Waals surface area contributed by atoms with Gasteiger partial charge in [0.2, 0.25) is 0 Å². The average molecular weight is 332 g/mol. The van der Waals surface area contributed by atoms with Crippen LogP contribution in [0.2, 0.25) is 5.04 Å². The molecule has 0 radical (unpaired) electrons. The second kappa shape index (κ2) is 6.95. The number of aliphatic hydroxyl groups is 1. The van der Waals surface area contributed by atoms with E-state index in [-0.39, 0.29) is 5.04 Å². The van der Waals surface area contributed by atoms with E-state index >= 15 is 0 Å². The van der Waals surface area contributed by atoms with Gasteiger partial charge in [-0.25, -0.2) is 4.39 Å². The van der Waals surface area contributed by atoms with Crippen molar-refractivity contribution >= 4 is 18.7 Å². The molecule has 2 aromatic carbocycles. The van der Waals surface area contributed by atoms with Gasteiger partial charge >= 0.3 is 0 Å². The molecule has 2 aromatic rings. The quantitative estimate of drug-likeness (QED) is 0.673. The van der Waals surface area contributed by atoms with Gasteiger partial charge in [-0.1, -0.05) is 81.4 Å². The molecule has 0 aliphatic rings. The molecule has 2 unspecified atom stereocenters. The Morgan fingerprint density at radius 2 is 1.30 bits per heavy atom.